The van der Waals surface area contributed by atoms with Crippen molar-refractivity contribution in [2.45, 2.75) is 51.1 Å². The summed E-state index contributed by atoms with van der Waals surface area (Å²) < 4.78 is 42.3. The Labute approximate surface area is 200 Å². The average molecular weight is 481 g/mol. The Bertz CT molecular complexity index is 1300. The fraction of sp³-hybridized carbons (Fsp3) is 0.296. The van der Waals surface area contributed by atoms with E-state index >= 15 is 0 Å². The van der Waals surface area contributed by atoms with E-state index in [0.717, 1.165) is 22.3 Å². The molecule has 1 amide bonds. The van der Waals surface area contributed by atoms with Crippen molar-refractivity contribution in [3.8, 4) is 0 Å². The van der Waals surface area contributed by atoms with Crippen LogP contribution in [0.4, 0.5) is 4.39 Å². The van der Waals surface area contributed by atoms with Crippen LogP contribution in [0.25, 0.3) is 0 Å². The Kier molecular flexibility index (Phi) is 6.86. The fourth-order valence-corrected chi connectivity index (χ4v) is 6.75. The minimum absolute atomic E-state index is 0.140. The zero-order valence-electron chi connectivity index (χ0n) is 19.6. The summed E-state index contributed by atoms with van der Waals surface area (Å²) in [5, 5.41) is 2.90. The number of nitrogens with one attached hydrogen (secondary N) is 1. The Morgan fingerprint density at radius 2 is 1.62 bits per heavy atom. The van der Waals surface area contributed by atoms with Gasteiger partial charge in [0.15, 0.2) is 0 Å². The van der Waals surface area contributed by atoms with E-state index in [1.54, 1.807) is 26.0 Å². The predicted octanol–water partition coefficient (Wildman–Crippen LogP) is 4.23. The van der Waals surface area contributed by atoms with Gasteiger partial charge in [0, 0.05) is 13.1 Å². The predicted molar refractivity (Wildman–Crippen MR) is 130 cm³/mol. The van der Waals surface area contributed by atoms with Crippen LogP contribution >= 0.6 is 0 Å². The standard InChI is InChI=1S/C27H29FN2O3S/c1-18-14-19(2)26(20(3)15-18)34(32,33)30-17-23-7-5-4-6-22(23)16-25(30)27(31)29-13-12-21-8-10-24(28)11-9-21/h4-11,14-15,25H,12-13,16-17H2,1-3H3,(H,29,31). The highest BCUT2D eigenvalue weighted by Gasteiger charge is 2.40. The largest absolute Gasteiger partial charge is 0.354 e. The number of halogens is 1. The number of rotatable bonds is 6. The molecule has 0 saturated heterocycles. The van der Waals surface area contributed by atoms with Crippen LogP contribution < -0.4 is 5.32 Å². The van der Waals surface area contributed by atoms with E-state index in [1.807, 2.05) is 43.3 Å². The highest BCUT2D eigenvalue weighted by molar-refractivity contribution is 7.89. The highest BCUT2D eigenvalue weighted by Crippen LogP contribution is 2.32. The van der Waals surface area contributed by atoms with Crippen molar-refractivity contribution in [3.05, 3.63) is 99.9 Å². The lowest BCUT2D eigenvalue weighted by molar-refractivity contribution is -0.125. The number of aryl methyl sites for hydroxylation is 3. The second-order valence-corrected chi connectivity index (χ2v) is 10.8. The molecular formula is C27H29FN2O3S. The van der Waals surface area contributed by atoms with Crippen molar-refractivity contribution < 1.29 is 17.6 Å². The Morgan fingerprint density at radius 1 is 1.00 bits per heavy atom. The maximum Gasteiger partial charge on any atom is 0.244 e. The van der Waals surface area contributed by atoms with Crippen molar-refractivity contribution >= 4 is 15.9 Å². The van der Waals surface area contributed by atoms with Crippen molar-refractivity contribution in [2.24, 2.45) is 0 Å². The van der Waals surface area contributed by atoms with Gasteiger partial charge >= 0.3 is 0 Å². The van der Waals surface area contributed by atoms with Crippen molar-refractivity contribution in [2.75, 3.05) is 6.54 Å². The number of nitrogens with zero attached hydrogens (tertiary/aromatic N) is 1. The summed E-state index contributed by atoms with van der Waals surface area (Å²) in [5.41, 5.74) is 5.12. The molecule has 3 aromatic rings. The van der Waals surface area contributed by atoms with E-state index in [0.29, 0.717) is 30.5 Å². The molecule has 5 nitrogen and oxygen atoms in total. The summed E-state index contributed by atoms with van der Waals surface area (Å²) in [7, 11) is -3.93. The maximum atomic E-state index is 13.9. The van der Waals surface area contributed by atoms with E-state index in [-0.39, 0.29) is 23.2 Å². The molecule has 0 aliphatic carbocycles. The lowest BCUT2D eigenvalue weighted by atomic mass is 9.95. The smallest absolute Gasteiger partial charge is 0.244 e. The lowest BCUT2D eigenvalue weighted by Crippen LogP contribution is -2.52. The molecule has 1 aliphatic heterocycles. The number of carbonyl (C=O) groups is 1. The van der Waals surface area contributed by atoms with Crippen molar-refractivity contribution in [1.29, 1.82) is 0 Å². The summed E-state index contributed by atoms with van der Waals surface area (Å²) >= 11 is 0. The molecule has 1 atom stereocenters. The summed E-state index contributed by atoms with van der Waals surface area (Å²) in [5.74, 6) is -0.640. The van der Waals surface area contributed by atoms with E-state index in [1.165, 1.54) is 16.4 Å². The summed E-state index contributed by atoms with van der Waals surface area (Å²) in [4.78, 5) is 13.6. The van der Waals surface area contributed by atoms with E-state index in [4.69, 9.17) is 0 Å². The lowest BCUT2D eigenvalue weighted by Gasteiger charge is -2.35. The van der Waals surface area contributed by atoms with Gasteiger partial charge in [-0.05, 0) is 73.6 Å². The van der Waals surface area contributed by atoms with Gasteiger partial charge in [-0.3, -0.25) is 4.79 Å². The number of fused-ring (bicyclic) bond motifs is 1. The van der Waals surface area contributed by atoms with Crippen LogP contribution in [0.5, 0.6) is 0 Å². The molecule has 3 aromatic carbocycles. The third-order valence-corrected chi connectivity index (χ3v) is 8.47. The van der Waals surface area contributed by atoms with Gasteiger partial charge < -0.3 is 5.32 Å². The van der Waals surface area contributed by atoms with Crippen LogP contribution in [0.1, 0.15) is 33.4 Å². The summed E-state index contributed by atoms with van der Waals surface area (Å²) in [6.45, 7) is 6.00. The van der Waals surface area contributed by atoms with Crippen LogP contribution in [-0.4, -0.2) is 31.2 Å². The molecule has 178 valence electrons. The van der Waals surface area contributed by atoms with Crippen molar-refractivity contribution in [3.63, 3.8) is 0 Å². The number of hydrogen-bond donors (Lipinski definition) is 1. The molecule has 0 saturated carbocycles. The molecule has 0 bridgehead atoms. The molecule has 0 aromatic heterocycles. The first-order valence-electron chi connectivity index (χ1n) is 11.4. The molecule has 7 heteroatoms. The number of hydrogen-bond acceptors (Lipinski definition) is 3. The SMILES string of the molecule is Cc1cc(C)c(S(=O)(=O)N2Cc3ccccc3CC2C(=O)NCCc2ccc(F)cc2)c(C)c1. The Balaban J connectivity index is 1.62. The van der Waals surface area contributed by atoms with Gasteiger partial charge in [0.2, 0.25) is 15.9 Å². The van der Waals surface area contributed by atoms with Crippen LogP contribution in [0.3, 0.4) is 0 Å². The fourth-order valence-electron chi connectivity index (χ4n) is 4.76. The number of sulfonamides is 1. The molecule has 0 fully saturated rings. The third kappa shape index (κ3) is 4.91. The molecule has 1 N–H and O–H groups in total. The van der Waals surface area contributed by atoms with E-state index in [9.17, 15) is 17.6 Å². The minimum Gasteiger partial charge on any atom is -0.354 e. The van der Waals surface area contributed by atoms with Crippen LogP contribution in [0.2, 0.25) is 0 Å². The van der Waals surface area contributed by atoms with Gasteiger partial charge in [-0.1, -0.05) is 54.1 Å². The number of benzene rings is 3. The quantitative estimate of drug-likeness (QED) is 0.574. The molecule has 4 rings (SSSR count). The molecule has 34 heavy (non-hydrogen) atoms. The number of carbonyl (C=O) groups excluding carboxylic acids is 1. The van der Waals surface area contributed by atoms with Gasteiger partial charge in [0.25, 0.3) is 0 Å². The molecule has 0 spiro atoms. The van der Waals surface area contributed by atoms with Gasteiger partial charge in [0.1, 0.15) is 11.9 Å². The topological polar surface area (TPSA) is 66.5 Å². The minimum atomic E-state index is -3.93. The second-order valence-electron chi connectivity index (χ2n) is 8.93. The highest BCUT2D eigenvalue weighted by atomic mass is 32.2. The van der Waals surface area contributed by atoms with Crippen LogP contribution in [0, 0.1) is 26.6 Å². The van der Waals surface area contributed by atoms with Gasteiger partial charge in [-0.2, -0.15) is 4.31 Å². The molecule has 1 heterocycles. The average Bonchev–Trinajstić information content (AvgIpc) is 2.78. The first-order valence-corrected chi connectivity index (χ1v) is 12.8. The summed E-state index contributed by atoms with van der Waals surface area (Å²) in [6, 6.07) is 16.6. The molecule has 0 radical (unpaired) electrons. The van der Waals surface area contributed by atoms with E-state index in [2.05, 4.69) is 5.32 Å². The Morgan fingerprint density at radius 3 is 2.26 bits per heavy atom. The molecular weight excluding hydrogens is 451 g/mol. The van der Waals surface area contributed by atoms with Gasteiger partial charge in [-0.25, -0.2) is 12.8 Å². The first kappa shape index (κ1) is 24.1. The third-order valence-electron chi connectivity index (χ3n) is 6.31. The van der Waals surface area contributed by atoms with Crippen LogP contribution in [-0.2, 0) is 34.2 Å². The second kappa shape index (κ2) is 9.68. The molecule has 1 unspecified atom stereocenters. The summed E-state index contributed by atoms with van der Waals surface area (Å²) in [6.07, 6.45) is 0.833. The van der Waals surface area contributed by atoms with Gasteiger partial charge in [-0.15, -0.1) is 0 Å². The zero-order chi connectivity index (χ0) is 24.5. The van der Waals surface area contributed by atoms with Crippen LogP contribution in [0.15, 0.2) is 65.6 Å². The Hall–Kier alpha value is -3.03. The normalized spacial score (nSPS) is 16.2. The molecule has 1 aliphatic rings. The maximum absolute atomic E-state index is 13.9. The van der Waals surface area contributed by atoms with Gasteiger partial charge in [0.05, 0.1) is 4.90 Å². The monoisotopic (exact) mass is 480 g/mol. The van der Waals surface area contributed by atoms with E-state index < -0.39 is 16.1 Å². The zero-order valence-corrected chi connectivity index (χ0v) is 20.5. The first-order chi connectivity index (χ1) is 16.2. The number of amides is 1. The van der Waals surface area contributed by atoms with Crippen molar-refractivity contribution in [1.82, 2.24) is 9.62 Å².